The van der Waals surface area contributed by atoms with Gasteiger partial charge in [0.2, 0.25) is 0 Å². The van der Waals surface area contributed by atoms with E-state index in [0.29, 0.717) is 25.7 Å². The molecule has 0 aromatic heterocycles. The van der Waals surface area contributed by atoms with E-state index in [1.807, 2.05) is 0 Å². The molecule has 17 nitrogen and oxygen atoms in total. The monoisotopic (exact) mass is 1480 g/mol. The van der Waals surface area contributed by atoms with E-state index in [4.69, 9.17) is 37.0 Å². The smallest absolute Gasteiger partial charge is 0.462 e. The van der Waals surface area contributed by atoms with Gasteiger partial charge in [0.15, 0.2) is 12.2 Å². The van der Waals surface area contributed by atoms with Crippen molar-refractivity contribution in [3.05, 3.63) is 0 Å². The Labute approximate surface area is 619 Å². The molecular weight excluding hydrogens is 1320 g/mol. The van der Waals surface area contributed by atoms with E-state index < -0.39 is 97.5 Å². The van der Waals surface area contributed by atoms with Crippen LogP contribution in [0.2, 0.25) is 0 Å². The minimum Gasteiger partial charge on any atom is -0.462 e. The summed E-state index contributed by atoms with van der Waals surface area (Å²) in [5.74, 6) is -0.559. The lowest BCUT2D eigenvalue weighted by atomic mass is 10.0. The van der Waals surface area contributed by atoms with Crippen LogP contribution in [0, 0.1) is 11.8 Å². The summed E-state index contributed by atoms with van der Waals surface area (Å²) in [6, 6.07) is 0. The maximum absolute atomic E-state index is 13.1. The first-order chi connectivity index (χ1) is 48.9. The van der Waals surface area contributed by atoms with Gasteiger partial charge in [0.1, 0.15) is 19.3 Å². The van der Waals surface area contributed by atoms with Gasteiger partial charge in [-0.3, -0.25) is 37.3 Å². The highest BCUT2D eigenvalue weighted by atomic mass is 31.2. The largest absolute Gasteiger partial charge is 0.472 e. The third-order valence-electron chi connectivity index (χ3n) is 19.2. The lowest BCUT2D eigenvalue weighted by molar-refractivity contribution is -0.161. The fraction of sp³-hybridized carbons (Fsp3) is 0.951. The first-order valence-corrected chi connectivity index (χ1v) is 45.5. The maximum atomic E-state index is 13.1. The fourth-order valence-electron chi connectivity index (χ4n) is 12.7. The summed E-state index contributed by atoms with van der Waals surface area (Å²) >= 11 is 0. The van der Waals surface area contributed by atoms with E-state index in [-0.39, 0.29) is 25.7 Å². The Morgan fingerprint density at radius 1 is 0.267 bits per heavy atom. The number of aliphatic hydroxyl groups is 1. The first-order valence-electron chi connectivity index (χ1n) is 42.5. The minimum atomic E-state index is -4.96. The minimum absolute atomic E-state index is 0.108. The van der Waals surface area contributed by atoms with E-state index in [0.717, 1.165) is 102 Å². The molecule has 0 amide bonds. The van der Waals surface area contributed by atoms with Crippen molar-refractivity contribution in [1.29, 1.82) is 0 Å². The second-order valence-electron chi connectivity index (χ2n) is 30.5. The molecule has 3 N–H and O–H groups in total. The molecule has 0 heterocycles. The Morgan fingerprint density at radius 3 is 0.673 bits per heavy atom. The molecule has 19 heteroatoms. The fourth-order valence-corrected chi connectivity index (χ4v) is 14.3. The molecule has 0 spiro atoms. The molecule has 0 bridgehead atoms. The highest BCUT2D eigenvalue weighted by Crippen LogP contribution is 2.45. The molecule has 0 radical (unpaired) electrons. The van der Waals surface area contributed by atoms with Crippen molar-refractivity contribution in [3.8, 4) is 0 Å². The summed E-state index contributed by atoms with van der Waals surface area (Å²) in [6.45, 7) is 9.65. The SMILES string of the molecule is CCCCCCCCCCCCCCCCCC(=O)OC[C@H](COP(=O)(O)OC[C@@H](O)COP(=O)(O)OC[C@@H](COC(=O)CCCCCCCCCCC(C)C)OC(=O)CCCCCCCCCCCCCCCC)OC(=O)CCCCCCCCCCCCCCCCCCCCC(C)C. The van der Waals surface area contributed by atoms with E-state index >= 15 is 0 Å². The lowest BCUT2D eigenvalue weighted by Gasteiger charge is -2.21. The third-order valence-corrected chi connectivity index (χ3v) is 21.1. The predicted octanol–water partition coefficient (Wildman–Crippen LogP) is 24.7. The summed E-state index contributed by atoms with van der Waals surface area (Å²) in [5.41, 5.74) is 0. The van der Waals surface area contributed by atoms with Gasteiger partial charge in [0, 0.05) is 25.7 Å². The number of phosphoric ester groups is 2. The number of hydrogen-bond donors (Lipinski definition) is 3. The Kier molecular flexibility index (Phi) is 72.2. The molecule has 0 saturated carbocycles. The van der Waals surface area contributed by atoms with Crippen LogP contribution < -0.4 is 0 Å². The second kappa shape index (κ2) is 73.6. The number of ether oxygens (including phenoxy) is 4. The van der Waals surface area contributed by atoms with Gasteiger partial charge in [-0.05, 0) is 37.5 Å². The van der Waals surface area contributed by atoms with Crippen molar-refractivity contribution in [2.24, 2.45) is 11.8 Å². The molecule has 0 aliphatic carbocycles. The number of rotatable bonds is 81. The summed E-state index contributed by atoms with van der Waals surface area (Å²) in [6.07, 6.45) is 63.8. The summed E-state index contributed by atoms with van der Waals surface area (Å²) in [5, 5.41) is 10.6. The zero-order chi connectivity index (χ0) is 74.2. The molecule has 0 aliphatic rings. The average Bonchev–Trinajstić information content (AvgIpc) is 1.65. The second-order valence-corrected chi connectivity index (χ2v) is 33.4. The predicted molar refractivity (Wildman–Crippen MR) is 414 cm³/mol. The van der Waals surface area contributed by atoms with Crippen LogP contribution in [-0.4, -0.2) is 96.7 Å². The van der Waals surface area contributed by atoms with Gasteiger partial charge < -0.3 is 33.8 Å². The van der Waals surface area contributed by atoms with Crippen LogP contribution in [0.1, 0.15) is 433 Å². The van der Waals surface area contributed by atoms with Gasteiger partial charge in [-0.25, -0.2) is 9.13 Å². The molecule has 0 rings (SSSR count). The van der Waals surface area contributed by atoms with Crippen molar-refractivity contribution in [1.82, 2.24) is 0 Å². The Hall–Kier alpha value is -1.94. The van der Waals surface area contributed by atoms with Crippen LogP contribution in [0.15, 0.2) is 0 Å². The maximum Gasteiger partial charge on any atom is 0.472 e. The van der Waals surface area contributed by atoms with Crippen molar-refractivity contribution >= 4 is 39.5 Å². The van der Waals surface area contributed by atoms with Crippen LogP contribution in [0.3, 0.4) is 0 Å². The summed E-state index contributed by atoms with van der Waals surface area (Å²) in [7, 11) is -9.92. The topological polar surface area (TPSA) is 237 Å². The quantitative estimate of drug-likeness (QED) is 0.0222. The molecule has 2 unspecified atom stereocenters. The zero-order valence-corrected chi connectivity index (χ0v) is 68.0. The number of esters is 4. The molecular formula is C82H160O17P2. The van der Waals surface area contributed by atoms with Crippen molar-refractivity contribution < 1.29 is 80.2 Å². The van der Waals surface area contributed by atoms with Crippen LogP contribution >= 0.6 is 15.6 Å². The Balaban J connectivity index is 5.23. The van der Waals surface area contributed by atoms with Crippen molar-refractivity contribution in [3.63, 3.8) is 0 Å². The van der Waals surface area contributed by atoms with Crippen LogP contribution in [-0.2, 0) is 65.4 Å². The molecule has 0 saturated heterocycles. The third kappa shape index (κ3) is 76.1. The number of hydrogen-bond acceptors (Lipinski definition) is 15. The molecule has 101 heavy (non-hydrogen) atoms. The van der Waals surface area contributed by atoms with E-state index in [2.05, 4.69) is 41.5 Å². The molecule has 0 aromatic carbocycles. The Morgan fingerprint density at radius 2 is 0.455 bits per heavy atom. The molecule has 5 atom stereocenters. The molecule has 0 aliphatic heterocycles. The molecule has 0 aromatic rings. The molecule has 600 valence electrons. The van der Waals surface area contributed by atoms with Gasteiger partial charge in [0.05, 0.1) is 26.4 Å². The van der Waals surface area contributed by atoms with Gasteiger partial charge in [-0.1, -0.05) is 382 Å². The van der Waals surface area contributed by atoms with Gasteiger partial charge in [-0.15, -0.1) is 0 Å². The van der Waals surface area contributed by atoms with E-state index in [1.54, 1.807) is 0 Å². The number of unbranched alkanes of at least 4 members (excludes halogenated alkanes) is 51. The number of aliphatic hydroxyl groups excluding tert-OH is 1. The van der Waals surface area contributed by atoms with Gasteiger partial charge >= 0.3 is 39.5 Å². The van der Waals surface area contributed by atoms with E-state index in [1.165, 1.54) is 250 Å². The highest BCUT2D eigenvalue weighted by molar-refractivity contribution is 7.47. The standard InChI is InChI=1S/C82H160O17P2/c1-7-9-11-13-15-17-19-21-27-32-35-39-46-52-58-64-79(84)92-70-77(98-82(87)67-61-55-49-41-37-33-29-26-24-23-25-28-30-34-38-44-50-56-62-74(3)4)72-96-100(88,89)94-68-76(83)69-95-101(90,91)97-73-78(71-93-80(85)65-59-53-47-43-42-45-51-57-63-75(5)6)99-81(86)66-60-54-48-40-36-31-22-20-18-16-14-12-10-8-2/h74-78,83H,7-73H2,1-6H3,(H,88,89)(H,90,91)/t76-,77-,78-/m1/s1. The Bertz CT molecular complexity index is 1940. The number of carbonyl (C=O) groups excluding carboxylic acids is 4. The zero-order valence-electron chi connectivity index (χ0n) is 66.2. The number of phosphoric acid groups is 2. The van der Waals surface area contributed by atoms with Gasteiger partial charge in [0.25, 0.3) is 0 Å². The van der Waals surface area contributed by atoms with Gasteiger partial charge in [-0.2, -0.15) is 0 Å². The average molecular weight is 1480 g/mol. The van der Waals surface area contributed by atoms with E-state index in [9.17, 15) is 43.2 Å². The summed E-state index contributed by atoms with van der Waals surface area (Å²) < 4.78 is 68.8. The van der Waals surface area contributed by atoms with Crippen molar-refractivity contribution in [2.45, 2.75) is 452 Å². The first kappa shape index (κ1) is 99.1. The summed E-state index contributed by atoms with van der Waals surface area (Å²) in [4.78, 5) is 73.1. The number of carbonyl (C=O) groups is 4. The lowest BCUT2D eigenvalue weighted by Crippen LogP contribution is -2.30. The van der Waals surface area contributed by atoms with Crippen LogP contribution in [0.4, 0.5) is 0 Å². The van der Waals surface area contributed by atoms with Crippen molar-refractivity contribution in [2.75, 3.05) is 39.6 Å². The molecule has 0 fully saturated rings. The van der Waals surface area contributed by atoms with Crippen LogP contribution in [0.5, 0.6) is 0 Å². The highest BCUT2D eigenvalue weighted by Gasteiger charge is 2.30. The normalized spacial score (nSPS) is 13.9. The van der Waals surface area contributed by atoms with Crippen LogP contribution in [0.25, 0.3) is 0 Å².